The van der Waals surface area contributed by atoms with Gasteiger partial charge in [0.1, 0.15) is 0 Å². The molecule has 0 aromatic heterocycles. The Morgan fingerprint density at radius 3 is 2.03 bits per heavy atom. The van der Waals surface area contributed by atoms with Gasteiger partial charge in [0.2, 0.25) is 17.7 Å². The van der Waals surface area contributed by atoms with Gasteiger partial charge in [0.15, 0.2) is 0 Å². The Labute approximate surface area is 204 Å². The standard InChI is InChI=1S/C30H26N2O3/c1-19-15-17-22(18-16-19)31-27(20-9-4-2-5-10-20)26(30(31)35)23-13-8-14-24-25(23)29(34)32(28(24)33)21-11-6-3-7-12-21/h2-13,15-18,23-27H,14H2,1H3/t23-,24+,25-,26-,27-/m1/s1. The molecule has 1 aliphatic carbocycles. The van der Waals surface area contributed by atoms with Crippen molar-refractivity contribution in [2.75, 3.05) is 9.80 Å². The van der Waals surface area contributed by atoms with Crippen LogP contribution in [0.5, 0.6) is 0 Å². The number of carbonyl (C=O) groups excluding carboxylic acids is 3. The second-order valence-electron chi connectivity index (χ2n) is 9.65. The van der Waals surface area contributed by atoms with Gasteiger partial charge in [-0.05, 0) is 43.2 Å². The Morgan fingerprint density at radius 2 is 1.34 bits per heavy atom. The zero-order valence-corrected chi connectivity index (χ0v) is 19.5. The molecule has 0 saturated carbocycles. The molecule has 3 aromatic rings. The van der Waals surface area contributed by atoms with E-state index in [1.165, 1.54) is 4.90 Å². The highest BCUT2D eigenvalue weighted by Gasteiger charge is 2.60. The Bertz CT molecular complexity index is 1320. The predicted octanol–water partition coefficient (Wildman–Crippen LogP) is 5.08. The number of nitrogens with zero attached hydrogens (tertiary/aromatic N) is 2. The van der Waals surface area contributed by atoms with Gasteiger partial charge in [-0.2, -0.15) is 0 Å². The summed E-state index contributed by atoms with van der Waals surface area (Å²) in [7, 11) is 0. The van der Waals surface area contributed by atoms with E-state index < -0.39 is 17.8 Å². The highest BCUT2D eigenvalue weighted by molar-refractivity contribution is 6.22. The van der Waals surface area contributed by atoms with Gasteiger partial charge in [-0.3, -0.25) is 19.3 Å². The minimum Gasteiger partial charge on any atom is -0.304 e. The predicted molar refractivity (Wildman–Crippen MR) is 134 cm³/mol. The summed E-state index contributed by atoms with van der Waals surface area (Å²) in [6.45, 7) is 2.02. The van der Waals surface area contributed by atoms with E-state index in [0.717, 1.165) is 16.8 Å². The zero-order valence-electron chi connectivity index (χ0n) is 19.5. The highest BCUT2D eigenvalue weighted by Crippen LogP contribution is 2.53. The molecule has 5 atom stereocenters. The smallest absolute Gasteiger partial charge is 0.238 e. The topological polar surface area (TPSA) is 57.7 Å². The number of benzene rings is 3. The SMILES string of the molecule is Cc1ccc(N2C(=O)[C@H]([C@@H]3C=CC[C@@H]4C(=O)N(c5ccccc5)C(=O)[C@H]34)[C@H]2c2ccccc2)cc1. The second-order valence-corrected chi connectivity index (χ2v) is 9.65. The molecule has 0 spiro atoms. The fourth-order valence-corrected chi connectivity index (χ4v) is 5.99. The van der Waals surface area contributed by atoms with E-state index in [4.69, 9.17) is 0 Å². The normalized spacial score (nSPS) is 27.7. The summed E-state index contributed by atoms with van der Waals surface area (Å²) < 4.78 is 0. The third-order valence-corrected chi connectivity index (χ3v) is 7.66. The molecule has 2 saturated heterocycles. The molecule has 5 nitrogen and oxygen atoms in total. The summed E-state index contributed by atoms with van der Waals surface area (Å²) in [6.07, 6.45) is 4.51. The van der Waals surface area contributed by atoms with Crippen molar-refractivity contribution in [3.8, 4) is 0 Å². The van der Waals surface area contributed by atoms with E-state index in [9.17, 15) is 14.4 Å². The second kappa shape index (κ2) is 8.35. The monoisotopic (exact) mass is 462 g/mol. The number of allylic oxidation sites excluding steroid dienone is 2. The molecule has 2 aliphatic heterocycles. The molecule has 3 amide bonds. The summed E-state index contributed by atoms with van der Waals surface area (Å²) in [5, 5.41) is 0. The molecule has 0 radical (unpaired) electrons. The van der Waals surface area contributed by atoms with Crippen molar-refractivity contribution in [3.05, 3.63) is 108 Å². The van der Waals surface area contributed by atoms with Crippen LogP contribution in [0.1, 0.15) is 23.6 Å². The first kappa shape index (κ1) is 21.5. The number of β-lactam (4-membered cyclic amide) rings is 1. The van der Waals surface area contributed by atoms with Gasteiger partial charge < -0.3 is 4.90 Å². The van der Waals surface area contributed by atoms with E-state index in [-0.39, 0.29) is 29.7 Å². The van der Waals surface area contributed by atoms with Crippen molar-refractivity contribution >= 4 is 29.1 Å². The minimum atomic E-state index is -0.534. The van der Waals surface area contributed by atoms with Crippen molar-refractivity contribution < 1.29 is 14.4 Å². The molecule has 2 heterocycles. The van der Waals surface area contributed by atoms with Crippen LogP contribution in [0.15, 0.2) is 97.1 Å². The third-order valence-electron chi connectivity index (χ3n) is 7.66. The van der Waals surface area contributed by atoms with Crippen molar-refractivity contribution in [2.24, 2.45) is 23.7 Å². The molecule has 0 unspecified atom stereocenters. The van der Waals surface area contributed by atoms with E-state index in [1.54, 1.807) is 12.1 Å². The fraction of sp³-hybridized carbons (Fsp3) is 0.233. The lowest BCUT2D eigenvalue weighted by Crippen LogP contribution is -2.59. The molecule has 2 fully saturated rings. The molecule has 3 aromatic carbocycles. The lowest BCUT2D eigenvalue weighted by Gasteiger charge is -2.51. The quantitative estimate of drug-likeness (QED) is 0.309. The molecule has 0 N–H and O–H groups in total. The average molecular weight is 463 g/mol. The summed E-state index contributed by atoms with van der Waals surface area (Å²) in [6, 6.07) is 26.8. The maximum atomic E-state index is 13.7. The number of hydrogen-bond acceptors (Lipinski definition) is 3. The molecular formula is C30H26N2O3. The van der Waals surface area contributed by atoms with Gasteiger partial charge in [0, 0.05) is 11.6 Å². The largest absolute Gasteiger partial charge is 0.304 e. The van der Waals surface area contributed by atoms with Crippen LogP contribution in [0.2, 0.25) is 0 Å². The third kappa shape index (κ3) is 3.34. The van der Waals surface area contributed by atoms with Crippen LogP contribution in [0, 0.1) is 30.6 Å². The molecule has 3 aliphatic rings. The maximum Gasteiger partial charge on any atom is 0.238 e. The summed E-state index contributed by atoms with van der Waals surface area (Å²) in [5.74, 6) is -2.08. The molecule has 35 heavy (non-hydrogen) atoms. The Morgan fingerprint density at radius 1 is 0.686 bits per heavy atom. The van der Waals surface area contributed by atoms with Crippen LogP contribution < -0.4 is 9.80 Å². The Hall–Kier alpha value is -3.99. The first-order valence-corrected chi connectivity index (χ1v) is 12.1. The first-order chi connectivity index (χ1) is 17.1. The number of carbonyl (C=O) groups is 3. The highest BCUT2D eigenvalue weighted by atomic mass is 16.2. The number of para-hydroxylation sites is 1. The number of rotatable bonds is 4. The molecule has 5 heteroatoms. The van der Waals surface area contributed by atoms with E-state index in [2.05, 4.69) is 0 Å². The minimum absolute atomic E-state index is 0.00332. The molecule has 6 rings (SSSR count). The van der Waals surface area contributed by atoms with Gasteiger partial charge in [0.05, 0.1) is 29.5 Å². The molecule has 174 valence electrons. The maximum absolute atomic E-state index is 13.7. The fourth-order valence-electron chi connectivity index (χ4n) is 5.99. The number of amides is 3. The van der Waals surface area contributed by atoms with Gasteiger partial charge in [-0.15, -0.1) is 0 Å². The lowest BCUT2D eigenvalue weighted by molar-refractivity contribution is -0.135. The van der Waals surface area contributed by atoms with Crippen molar-refractivity contribution in [3.63, 3.8) is 0 Å². The van der Waals surface area contributed by atoms with Gasteiger partial charge >= 0.3 is 0 Å². The first-order valence-electron chi connectivity index (χ1n) is 12.1. The van der Waals surface area contributed by atoms with Crippen LogP contribution >= 0.6 is 0 Å². The van der Waals surface area contributed by atoms with Crippen molar-refractivity contribution in [1.29, 1.82) is 0 Å². The Balaban J connectivity index is 1.39. The number of fused-ring (bicyclic) bond motifs is 1. The van der Waals surface area contributed by atoms with Crippen LogP contribution in [0.3, 0.4) is 0 Å². The average Bonchev–Trinajstić information content (AvgIpc) is 3.15. The van der Waals surface area contributed by atoms with Crippen LogP contribution in [0.25, 0.3) is 0 Å². The number of aryl methyl sites for hydroxylation is 1. The summed E-state index contributed by atoms with van der Waals surface area (Å²) in [5.41, 5.74) is 3.60. The van der Waals surface area contributed by atoms with E-state index in [1.807, 2.05) is 96.8 Å². The zero-order chi connectivity index (χ0) is 24.1. The van der Waals surface area contributed by atoms with Crippen LogP contribution in [0.4, 0.5) is 11.4 Å². The van der Waals surface area contributed by atoms with Crippen molar-refractivity contribution in [2.45, 2.75) is 19.4 Å². The summed E-state index contributed by atoms with van der Waals surface area (Å²) >= 11 is 0. The molecule has 0 bridgehead atoms. The van der Waals surface area contributed by atoms with E-state index >= 15 is 0 Å². The van der Waals surface area contributed by atoms with Crippen LogP contribution in [-0.4, -0.2) is 17.7 Å². The number of imide groups is 1. The lowest BCUT2D eigenvalue weighted by atomic mass is 9.64. The van der Waals surface area contributed by atoms with E-state index in [0.29, 0.717) is 12.1 Å². The summed E-state index contributed by atoms with van der Waals surface area (Å²) in [4.78, 5) is 44.0. The van der Waals surface area contributed by atoms with Gasteiger partial charge in [-0.1, -0.05) is 78.4 Å². The van der Waals surface area contributed by atoms with Crippen molar-refractivity contribution in [1.82, 2.24) is 0 Å². The Kier molecular flexibility index (Phi) is 5.14. The van der Waals surface area contributed by atoms with Gasteiger partial charge in [-0.25, -0.2) is 0 Å². The number of hydrogen-bond donors (Lipinski definition) is 0. The number of anilines is 2. The molecular weight excluding hydrogens is 436 g/mol. The van der Waals surface area contributed by atoms with Gasteiger partial charge in [0.25, 0.3) is 0 Å². The van der Waals surface area contributed by atoms with Crippen LogP contribution in [-0.2, 0) is 14.4 Å².